The summed E-state index contributed by atoms with van der Waals surface area (Å²) in [4.78, 5) is 3.96. The molecule has 1 unspecified atom stereocenters. The fourth-order valence-electron chi connectivity index (χ4n) is 1.74. The van der Waals surface area contributed by atoms with E-state index in [2.05, 4.69) is 4.98 Å². The normalized spacial score (nSPS) is 12.4. The van der Waals surface area contributed by atoms with Crippen molar-refractivity contribution >= 4 is 0 Å². The van der Waals surface area contributed by atoms with Gasteiger partial charge in [-0.25, -0.2) is 0 Å². The minimum Gasteiger partial charge on any atom is -0.388 e. The largest absolute Gasteiger partial charge is 0.388 e. The maximum Gasteiger partial charge on any atom is 0.0830 e. The van der Waals surface area contributed by atoms with Gasteiger partial charge in [-0.1, -0.05) is 29.8 Å². The van der Waals surface area contributed by atoms with Crippen molar-refractivity contribution in [3.8, 4) is 0 Å². The molecule has 16 heavy (non-hydrogen) atoms. The molecule has 0 bridgehead atoms. The number of aliphatic hydroxyl groups is 1. The Morgan fingerprint density at radius 3 is 2.62 bits per heavy atom. The molecule has 0 saturated heterocycles. The highest BCUT2D eigenvalue weighted by molar-refractivity contribution is 5.25. The third-order valence-corrected chi connectivity index (χ3v) is 2.61. The lowest BCUT2D eigenvalue weighted by atomic mass is 10.0. The first kappa shape index (κ1) is 10.8. The number of nitrogens with zero attached hydrogens (tertiary/aromatic N) is 1. The summed E-state index contributed by atoms with van der Waals surface area (Å²) in [6.45, 7) is 2.03. The van der Waals surface area contributed by atoms with Crippen molar-refractivity contribution in [2.24, 2.45) is 0 Å². The predicted octanol–water partition coefficient (Wildman–Crippen LogP) is 2.67. The van der Waals surface area contributed by atoms with Gasteiger partial charge in [-0.2, -0.15) is 0 Å². The van der Waals surface area contributed by atoms with E-state index in [-0.39, 0.29) is 0 Å². The van der Waals surface area contributed by atoms with Crippen molar-refractivity contribution in [1.82, 2.24) is 4.98 Å². The number of rotatable bonds is 3. The zero-order valence-corrected chi connectivity index (χ0v) is 9.30. The van der Waals surface area contributed by atoms with Crippen molar-refractivity contribution < 1.29 is 5.11 Å². The third kappa shape index (κ3) is 2.67. The molecule has 1 aromatic carbocycles. The molecule has 0 aliphatic heterocycles. The molecule has 0 aliphatic carbocycles. The van der Waals surface area contributed by atoms with Gasteiger partial charge >= 0.3 is 0 Å². The van der Waals surface area contributed by atoms with Crippen LogP contribution in [-0.2, 0) is 6.42 Å². The maximum absolute atomic E-state index is 10.1. The Bertz CT molecular complexity index is 453. The topological polar surface area (TPSA) is 33.1 Å². The van der Waals surface area contributed by atoms with Crippen molar-refractivity contribution in [3.05, 3.63) is 65.5 Å². The number of aliphatic hydroxyl groups excluding tert-OH is 1. The van der Waals surface area contributed by atoms with Crippen molar-refractivity contribution in [3.63, 3.8) is 0 Å². The lowest BCUT2D eigenvalue weighted by molar-refractivity contribution is 0.178. The van der Waals surface area contributed by atoms with Crippen LogP contribution < -0.4 is 0 Å². The molecule has 1 aromatic heterocycles. The molecule has 0 radical (unpaired) electrons. The van der Waals surface area contributed by atoms with Gasteiger partial charge in [0.25, 0.3) is 0 Å². The second kappa shape index (κ2) is 4.90. The second-order valence-electron chi connectivity index (χ2n) is 3.99. The van der Waals surface area contributed by atoms with E-state index in [1.165, 1.54) is 5.56 Å². The Morgan fingerprint density at radius 2 is 1.94 bits per heavy atom. The van der Waals surface area contributed by atoms with Gasteiger partial charge < -0.3 is 5.11 Å². The molecule has 0 saturated carbocycles. The average Bonchev–Trinajstić information content (AvgIpc) is 2.30. The Kier molecular flexibility index (Phi) is 3.32. The van der Waals surface area contributed by atoms with E-state index in [9.17, 15) is 5.11 Å². The highest BCUT2D eigenvalue weighted by Crippen LogP contribution is 2.18. The first-order chi connectivity index (χ1) is 7.75. The van der Waals surface area contributed by atoms with Crippen LogP contribution in [0.4, 0.5) is 0 Å². The molecule has 2 nitrogen and oxygen atoms in total. The smallest absolute Gasteiger partial charge is 0.0830 e. The first-order valence-electron chi connectivity index (χ1n) is 5.39. The molecule has 2 rings (SSSR count). The van der Waals surface area contributed by atoms with Gasteiger partial charge in [0, 0.05) is 18.8 Å². The Labute approximate surface area is 95.6 Å². The van der Waals surface area contributed by atoms with Crippen molar-refractivity contribution in [2.75, 3.05) is 0 Å². The van der Waals surface area contributed by atoms with Gasteiger partial charge in [-0.05, 0) is 30.2 Å². The lowest BCUT2D eigenvalue weighted by Gasteiger charge is -2.11. The van der Waals surface area contributed by atoms with E-state index in [0.29, 0.717) is 6.42 Å². The number of aromatic nitrogens is 1. The molecule has 0 spiro atoms. The fraction of sp³-hybridized carbons (Fsp3) is 0.214. The van der Waals surface area contributed by atoms with Gasteiger partial charge in [-0.15, -0.1) is 0 Å². The van der Waals surface area contributed by atoms with E-state index in [1.54, 1.807) is 12.4 Å². The van der Waals surface area contributed by atoms with E-state index >= 15 is 0 Å². The summed E-state index contributed by atoms with van der Waals surface area (Å²) in [6.07, 6.45) is 3.69. The number of aryl methyl sites for hydroxylation is 1. The molecule has 0 fully saturated rings. The van der Waals surface area contributed by atoms with Crippen LogP contribution >= 0.6 is 0 Å². The first-order valence-corrected chi connectivity index (χ1v) is 5.39. The summed E-state index contributed by atoms with van der Waals surface area (Å²) in [5.74, 6) is 0. The van der Waals surface area contributed by atoms with Crippen LogP contribution in [0.5, 0.6) is 0 Å². The Balaban J connectivity index is 2.12. The summed E-state index contributed by atoms with van der Waals surface area (Å²) in [6, 6.07) is 11.8. The van der Waals surface area contributed by atoms with Crippen LogP contribution in [0.15, 0.2) is 48.8 Å². The van der Waals surface area contributed by atoms with Gasteiger partial charge in [-0.3, -0.25) is 4.98 Å². The highest BCUT2D eigenvalue weighted by atomic mass is 16.3. The van der Waals surface area contributed by atoms with Gasteiger partial charge in [0.05, 0.1) is 6.10 Å². The summed E-state index contributed by atoms with van der Waals surface area (Å²) in [5, 5.41) is 10.1. The molecule has 1 heterocycles. The van der Waals surface area contributed by atoms with Gasteiger partial charge in [0.2, 0.25) is 0 Å². The minimum absolute atomic E-state index is 0.442. The highest BCUT2D eigenvalue weighted by Gasteiger charge is 2.08. The van der Waals surface area contributed by atoms with Gasteiger partial charge in [0.15, 0.2) is 0 Å². The quantitative estimate of drug-likeness (QED) is 0.850. The number of benzene rings is 1. The zero-order chi connectivity index (χ0) is 11.4. The van der Waals surface area contributed by atoms with Crippen LogP contribution in [-0.4, -0.2) is 10.1 Å². The minimum atomic E-state index is -0.442. The summed E-state index contributed by atoms with van der Waals surface area (Å²) >= 11 is 0. The predicted molar refractivity (Wildman–Crippen MR) is 64.1 cm³/mol. The molecule has 1 N–H and O–H groups in total. The van der Waals surface area contributed by atoms with Crippen LogP contribution in [0.25, 0.3) is 0 Å². The van der Waals surface area contributed by atoms with Crippen LogP contribution in [0.1, 0.15) is 22.8 Å². The molecule has 82 valence electrons. The SMILES string of the molecule is Cc1cccc(C(O)Cc2ccncc2)c1. The summed E-state index contributed by atoms with van der Waals surface area (Å²) in [5.41, 5.74) is 3.24. The maximum atomic E-state index is 10.1. The summed E-state index contributed by atoms with van der Waals surface area (Å²) < 4.78 is 0. The van der Waals surface area contributed by atoms with Crippen LogP contribution in [0, 0.1) is 6.92 Å². The second-order valence-corrected chi connectivity index (χ2v) is 3.99. The molecular weight excluding hydrogens is 198 g/mol. The monoisotopic (exact) mass is 213 g/mol. The van der Waals surface area contributed by atoms with E-state index in [1.807, 2.05) is 43.3 Å². The molecule has 2 aromatic rings. The molecule has 1 atom stereocenters. The molecule has 2 heteroatoms. The fourth-order valence-corrected chi connectivity index (χ4v) is 1.74. The molecular formula is C14H15NO. The summed E-state index contributed by atoms with van der Waals surface area (Å²) in [7, 11) is 0. The van der Waals surface area contributed by atoms with Crippen molar-refractivity contribution in [2.45, 2.75) is 19.4 Å². The molecule has 0 aliphatic rings. The standard InChI is InChI=1S/C14H15NO/c1-11-3-2-4-13(9-11)14(16)10-12-5-7-15-8-6-12/h2-9,14,16H,10H2,1H3. The number of pyridine rings is 1. The Hall–Kier alpha value is -1.67. The Morgan fingerprint density at radius 1 is 1.19 bits per heavy atom. The van der Waals surface area contributed by atoms with E-state index < -0.39 is 6.10 Å². The zero-order valence-electron chi connectivity index (χ0n) is 9.30. The lowest BCUT2D eigenvalue weighted by Crippen LogP contribution is -2.01. The number of hydrogen-bond acceptors (Lipinski definition) is 2. The van der Waals surface area contributed by atoms with Crippen LogP contribution in [0.3, 0.4) is 0 Å². The number of hydrogen-bond donors (Lipinski definition) is 1. The van der Waals surface area contributed by atoms with Crippen molar-refractivity contribution in [1.29, 1.82) is 0 Å². The van der Waals surface area contributed by atoms with Crippen LogP contribution in [0.2, 0.25) is 0 Å². The van der Waals surface area contributed by atoms with E-state index in [4.69, 9.17) is 0 Å². The molecule has 0 amide bonds. The van der Waals surface area contributed by atoms with Gasteiger partial charge in [0.1, 0.15) is 0 Å². The average molecular weight is 213 g/mol. The third-order valence-electron chi connectivity index (χ3n) is 2.61. The van der Waals surface area contributed by atoms with E-state index in [0.717, 1.165) is 11.1 Å².